The normalized spacial score (nSPS) is 17.7. The van der Waals surface area contributed by atoms with E-state index >= 15 is 0 Å². The average Bonchev–Trinajstić information content (AvgIpc) is 2.64. The summed E-state index contributed by atoms with van der Waals surface area (Å²) in [5.74, 6) is 0.212. The summed E-state index contributed by atoms with van der Waals surface area (Å²) >= 11 is 6.03. The predicted molar refractivity (Wildman–Crippen MR) is 101 cm³/mol. The summed E-state index contributed by atoms with van der Waals surface area (Å²) in [7, 11) is 1.56. The number of halogens is 2. The van der Waals surface area contributed by atoms with Crippen molar-refractivity contribution >= 4 is 23.2 Å². The van der Waals surface area contributed by atoms with E-state index in [4.69, 9.17) is 16.3 Å². The van der Waals surface area contributed by atoms with Crippen LogP contribution >= 0.6 is 11.6 Å². The second-order valence-corrected chi connectivity index (χ2v) is 6.97. The maximum atomic E-state index is 13.0. The highest BCUT2D eigenvalue weighted by atomic mass is 35.5. The lowest BCUT2D eigenvalue weighted by Crippen LogP contribution is -2.40. The topological polar surface area (TPSA) is 41.6 Å². The third-order valence-electron chi connectivity index (χ3n) is 4.62. The first kappa shape index (κ1) is 18.7. The van der Waals surface area contributed by atoms with Gasteiger partial charge in [-0.15, -0.1) is 0 Å². The van der Waals surface area contributed by atoms with Crippen molar-refractivity contribution in [3.63, 3.8) is 0 Å². The lowest BCUT2D eigenvalue weighted by Gasteiger charge is -2.32. The van der Waals surface area contributed by atoms with Gasteiger partial charge in [0.1, 0.15) is 11.6 Å². The number of hydrogen-bond acceptors (Lipinski definition) is 3. The molecule has 2 aromatic rings. The van der Waals surface area contributed by atoms with Gasteiger partial charge < -0.3 is 10.1 Å². The first-order valence-electron chi connectivity index (χ1n) is 8.66. The maximum Gasteiger partial charge on any atom is 0.228 e. The van der Waals surface area contributed by atoms with E-state index in [1.54, 1.807) is 37.4 Å². The highest BCUT2D eigenvalue weighted by molar-refractivity contribution is 6.31. The van der Waals surface area contributed by atoms with Crippen LogP contribution in [-0.2, 0) is 11.3 Å². The monoisotopic (exact) mass is 376 g/mol. The number of rotatable bonds is 5. The molecule has 1 saturated heterocycles. The zero-order valence-electron chi connectivity index (χ0n) is 14.7. The van der Waals surface area contributed by atoms with E-state index in [-0.39, 0.29) is 17.6 Å². The molecule has 0 unspecified atom stereocenters. The van der Waals surface area contributed by atoms with E-state index in [2.05, 4.69) is 10.2 Å². The van der Waals surface area contributed by atoms with Crippen molar-refractivity contribution in [1.29, 1.82) is 0 Å². The standard InChI is InChI=1S/C20H22ClFN2O2/c1-26-19-9-6-16(21)11-18(19)23-20(25)15-3-2-10-24(13-15)12-14-4-7-17(22)8-5-14/h4-9,11,15H,2-3,10,12-13H2,1H3,(H,23,25)/t15-/m1/s1. The molecule has 1 N–H and O–H groups in total. The molecule has 6 heteroatoms. The molecule has 1 aliphatic heterocycles. The quantitative estimate of drug-likeness (QED) is 0.844. The van der Waals surface area contributed by atoms with Crippen molar-refractivity contribution in [2.75, 3.05) is 25.5 Å². The molecule has 1 aliphatic rings. The number of carbonyl (C=O) groups is 1. The van der Waals surface area contributed by atoms with Gasteiger partial charge in [0.2, 0.25) is 5.91 Å². The summed E-state index contributed by atoms with van der Waals surface area (Å²) in [5, 5.41) is 3.48. The van der Waals surface area contributed by atoms with Crippen LogP contribution < -0.4 is 10.1 Å². The van der Waals surface area contributed by atoms with Gasteiger partial charge in [0, 0.05) is 18.1 Å². The highest BCUT2D eigenvalue weighted by Gasteiger charge is 2.26. The maximum absolute atomic E-state index is 13.0. The Kier molecular flexibility index (Phi) is 6.12. The minimum atomic E-state index is -0.236. The molecule has 3 rings (SSSR count). The summed E-state index contributed by atoms with van der Waals surface area (Å²) < 4.78 is 18.3. The number of amides is 1. The van der Waals surface area contributed by atoms with E-state index in [0.717, 1.165) is 24.9 Å². The molecule has 0 bridgehead atoms. The SMILES string of the molecule is COc1ccc(Cl)cc1NC(=O)[C@@H]1CCCN(Cc2ccc(F)cc2)C1. The first-order valence-corrected chi connectivity index (χ1v) is 9.04. The number of piperidine rings is 1. The fraction of sp³-hybridized carbons (Fsp3) is 0.350. The molecule has 0 radical (unpaired) electrons. The molecule has 26 heavy (non-hydrogen) atoms. The van der Waals surface area contributed by atoms with Crippen LogP contribution in [0.3, 0.4) is 0 Å². The van der Waals surface area contributed by atoms with E-state index in [1.165, 1.54) is 12.1 Å². The van der Waals surface area contributed by atoms with E-state index in [0.29, 0.717) is 29.5 Å². The second-order valence-electron chi connectivity index (χ2n) is 6.53. The van der Waals surface area contributed by atoms with Crippen LogP contribution in [0.4, 0.5) is 10.1 Å². The van der Waals surface area contributed by atoms with Gasteiger partial charge in [0.25, 0.3) is 0 Å². The molecule has 0 spiro atoms. The molecular formula is C20H22ClFN2O2. The summed E-state index contributed by atoms with van der Waals surface area (Å²) in [4.78, 5) is 14.9. The van der Waals surface area contributed by atoms with Gasteiger partial charge in [0.05, 0.1) is 18.7 Å². The third-order valence-corrected chi connectivity index (χ3v) is 4.85. The number of carbonyl (C=O) groups excluding carboxylic acids is 1. The lowest BCUT2D eigenvalue weighted by molar-refractivity contribution is -0.121. The Labute approximate surface area is 157 Å². The van der Waals surface area contributed by atoms with Crippen LogP contribution in [0.1, 0.15) is 18.4 Å². The Morgan fingerprint density at radius 3 is 2.81 bits per heavy atom. The van der Waals surface area contributed by atoms with E-state index in [9.17, 15) is 9.18 Å². The van der Waals surface area contributed by atoms with Crippen LogP contribution in [0.25, 0.3) is 0 Å². The zero-order chi connectivity index (χ0) is 18.5. The Morgan fingerprint density at radius 2 is 2.08 bits per heavy atom. The van der Waals surface area contributed by atoms with Crippen molar-refractivity contribution in [1.82, 2.24) is 4.90 Å². The molecule has 1 amide bonds. The number of likely N-dealkylation sites (tertiary alicyclic amines) is 1. The average molecular weight is 377 g/mol. The number of benzene rings is 2. The molecule has 1 heterocycles. The van der Waals surface area contributed by atoms with Crippen molar-refractivity contribution < 1.29 is 13.9 Å². The third kappa shape index (κ3) is 4.74. The number of ether oxygens (including phenoxy) is 1. The molecule has 0 aliphatic carbocycles. The molecule has 1 atom stereocenters. The Morgan fingerprint density at radius 1 is 1.31 bits per heavy atom. The van der Waals surface area contributed by atoms with Crippen LogP contribution in [0, 0.1) is 11.7 Å². The van der Waals surface area contributed by atoms with Crippen LogP contribution in [0.2, 0.25) is 5.02 Å². The smallest absolute Gasteiger partial charge is 0.228 e. The molecule has 0 saturated carbocycles. The predicted octanol–water partition coefficient (Wildman–Crippen LogP) is 4.34. The van der Waals surface area contributed by atoms with Gasteiger partial charge in [-0.05, 0) is 55.3 Å². The summed E-state index contributed by atoms with van der Waals surface area (Å²) in [6.45, 7) is 2.32. The summed E-state index contributed by atoms with van der Waals surface area (Å²) in [5.41, 5.74) is 1.63. The fourth-order valence-electron chi connectivity index (χ4n) is 3.27. The van der Waals surface area contributed by atoms with Crippen molar-refractivity contribution in [2.45, 2.75) is 19.4 Å². The van der Waals surface area contributed by atoms with Crippen molar-refractivity contribution in [3.8, 4) is 5.75 Å². The number of methoxy groups -OCH3 is 1. The minimum absolute atomic E-state index is 0.0330. The fourth-order valence-corrected chi connectivity index (χ4v) is 3.45. The van der Waals surface area contributed by atoms with Crippen LogP contribution in [0.5, 0.6) is 5.75 Å². The van der Waals surface area contributed by atoms with Crippen molar-refractivity contribution in [2.24, 2.45) is 5.92 Å². The molecule has 0 aromatic heterocycles. The van der Waals surface area contributed by atoms with Crippen LogP contribution in [-0.4, -0.2) is 31.0 Å². The molecule has 138 valence electrons. The first-order chi connectivity index (χ1) is 12.5. The Bertz CT molecular complexity index is 767. The highest BCUT2D eigenvalue weighted by Crippen LogP contribution is 2.29. The molecular weight excluding hydrogens is 355 g/mol. The Hall–Kier alpha value is -2.11. The van der Waals surface area contributed by atoms with Gasteiger partial charge in [-0.2, -0.15) is 0 Å². The van der Waals surface area contributed by atoms with Gasteiger partial charge >= 0.3 is 0 Å². The van der Waals surface area contributed by atoms with E-state index < -0.39 is 0 Å². The van der Waals surface area contributed by atoms with Crippen molar-refractivity contribution in [3.05, 3.63) is 58.9 Å². The lowest BCUT2D eigenvalue weighted by atomic mass is 9.96. The van der Waals surface area contributed by atoms with Crippen LogP contribution in [0.15, 0.2) is 42.5 Å². The van der Waals surface area contributed by atoms with Gasteiger partial charge in [-0.25, -0.2) is 4.39 Å². The van der Waals surface area contributed by atoms with Gasteiger partial charge in [0.15, 0.2) is 0 Å². The van der Waals surface area contributed by atoms with Gasteiger partial charge in [-0.3, -0.25) is 9.69 Å². The number of nitrogens with zero attached hydrogens (tertiary/aromatic N) is 1. The molecule has 2 aromatic carbocycles. The number of anilines is 1. The largest absolute Gasteiger partial charge is 0.495 e. The minimum Gasteiger partial charge on any atom is -0.495 e. The molecule has 1 fully saturated rings. The van der Waals surface area contributed by atoms with Gasteiger partial charge in [-0.1, -0.05) is 23.7 Å². The zero-order valence-corrected chi connectivity index (χ0v) is 15.4. The summed E-state index contributed by atoms with van der Waals surface area (Å²) in [6.07, 6.45) is 1.79. The Balaban J connectivity index is 1.62. The number of hydrogen-bond donors (Lipinski definition) is 1. The molecule has 4 nitrogen and oxygen atoms in total. The van der Waals surface area contributed by atoms with E-state index in [1.807, 2.05) is 0 Å². The number of nitrogens with one attached hydrogen (secondary N) is 1. The summed E-state index contributed by atoms with van der Waals surface area (Å²) in [6, 6.07) is 11.7. The second kappa shape index (κ2) is 8.52.